The Morgan fingerprint density at radius 2 is 1.90 bits per heavy atom. The highest BCUT2D eigenvalue weighted by Crippen LogP contribution is 2.33. The summed E-state index contributed by atoms with van der Waals surface area (Å²) in [4.78, 5) is 2.05. The number of piperidine rings is 1. The molecule has 2 aromatic carbocycles. The molecule has 0 saturated carbocycles. The first-order valence-corrected chi connectivity index (χ1v) is 10.8. The van der Waals surface area contributed by atoms with Crippen molar-refractivity contribution in [3.63, 3.8) is 0 Å². The zero-order chi connectivity index (χ0) is 21.8. The minimum absolute atomic E-state index is 0.282. The number of hydrogen-bond donors (Lipinski definition) is 2. The predicted molar refractivity (Wildman–Crippen MR) is 122 cm³/mol. The van der Waals surface area contributed by atoms with Gasteiger partial charge in [-0.25, -0.2) is 4.39 Å². The summed E-state index contributed by atoms with van der Waals surface area (Å²) < 4.78 is 19.6. The van der Waals surface area contributed by atoms with Gasteiger partial charge in [0.2, 0.25) is 0 Å². The van der Waals surface area contributed by atoms with Crippen molar-refractivity contribution in [2.75, 3.05) is 43.6 Å². The number of halogens is 2. The molecule has 0 radical (unpaired) electrons. The number of anilines is 2. The van der Waals surface area contributed by atoms with Crippen LogP contribution in [0.15, 0.2) is 42.5 Å². The molecule has 3 aromatic rings. The van der Waals surface area contributed by atoms with Gasteiger partial charge in [0.25, 0.3) is 0 Å². The van der Waals surface area contributed by atoms with Gasteiger partial charge in [0.05, 0.1) is 18.7 Å². The van der Waals surface area contributed by atoms with Crippen LogP contribution >= 0.6 is 11.6 Å². The summed E-state index contributed by atoms with van der Waals surface area (Å²) in [5, 5.41) is 24.1. The number of methoxy groups -OCH3 is 1. The number of fused-ring (bicyclic) bond motifs is 1. The molecule has 0 aliphatic carbocycles. The molecule has 8 heteroatoms. The molecule has 1 saturated heterocycles. The summed E-state index contributed by atoms with van der Waals surface area (Å²) >= 11 is 6.21. The summed E-state index contributed by atoms with van der Waals surface area (Å²) in [6, 6.07) is 13.7. The van der Waals surface area contributed by atoms with E-state index in [1.165, 1.54) is 0 Å². The van der Waals surface area contributed by atoms with E-state index in [1.807, 2.05) is 47.4 Å². The second kappa shape index (κ2) is 9.24. The van der Waals surface area contributed by atoms with Crippen LogP contribution in [0.25, 0.3) is 10.8 Å². The summed E-state index contributed by atoms with van der Waals surface area (Å²) in [6.45, 7) is 1.24. The van der Waals surface area contributed by atoms with Crippen LogP contribution in [0.4, 0.5) is 16.0 Å². The molecular weight excluding hydrogens is 419 g/mol. The summed E-state index contributed by atoms with van der Waals surface area (Å²) in [5.41, 5.74) is -0.398. The van der Waals surface area contributed by atoms with Crippen LogP contribution in [0.2, 0.25) is 5.02 Å². The Morgan fingerprint density at radius 3 is 2.58 bits per heavy atom. The lowest BCUT2D eigenvalue weighted by atomic mass is 9.94. The minimum atomic E-state index is -1.49. The van der Waals surface area contributed by atoms with Crippen molar-refractivity contribution in [3.8, 4) is 5.75 Å². The number of nitrogens with zero attached hydrogens (tertiary/aromatic N) is 3. The topological polar surface area (TPSA) is 70.5 Å². The van der Waals surface area contributed by atoms with Gasteiger partial charge in [-0.2, -0.15) is 0 Å². The molecule has 0 spiro atoms. The maximum Gasteiger partial charge on any atom is 0.159 e. The molecular formula is C23H26ClFN4O2. The van der Waals surface area contributed by atoms with E-state index < -0.39 is 12.3 Å². The zero-order valence-corrected chi connectivity index (χ0v) is 18.2. The molecule has 0 amide bonds. The number of ether oxygens (including phenoxy) is 1. The molecule has 0 atom stereocenters. The number of alkyl halides is 1. The molecule has 2 heterocycles. The van der Waals surface area contributed by atoms with E-state index >= 15 is 0 Å². The fourth-order valence-electron chi connectivity index (χ4n) is 3.92. The highest BCUT2D eigenvalue weighted by Gasteiger charge is 2.34. The van der Waals surface area contributed by atoms with Crippen molar-refractivity contribution in [3.05, 3.63) is 53.1 Å². The normalized spacial score (nSPS) is 15.8. The molecule has 1 aromatic heterocycles. The Labute approximate surface area is 186 Å². The molecule has 2 N–H and O–H groups in total. The Balaban J connectivity index is 1.49. The van der Waals surface area contributed by atoms with Crippen molar-refractivity contribution in [2.45, 2.75) is 24.9 Å². The summed E-state index contributed by atoms with van der Waals surface area (Å²) in [6.07, 6.45) is 1.33. The Hall–Kier alpha value is -2.64. The van der Waals surface area contributed by atoms with Gasteiger partial charge < -0.3 is 20.1 Å². The monoisotopic (exact) mass is 444 g/mol. The maximum atomic E-state index is 14.4. The largest absolute Gasteiger partial charge is 0.495 e. The number of rotatable bonds is 7. The minimum Gasteiger partial charge on any atom is -0.495 e. The second-order valence-corrected chi connectivity index (χ2v) is 8.27. The lowest BCUT2D eigenvalue weighted by Gasteiger charge is -2.36. The number of aliphatic hydroxyl groups is 1. The molecule has 1 aliphatic rings. The molecule has 164 valence electrons. The average molecular weight is 445 g/mol. The van der Waals surface area contributed by atoms with Gasteiger partial charge in [0, 0.05) is 43.2 Å². The lowest BCUT2D eigenvalue weighted by Crippen LogP contribution is -2.44. The third kappa shape index (κ3) is 4.67. The maximum absolute atomic E-state index is 14.4. The summed E-state index contributed by atoms with van der Waals surface area (Å²) in [7, 11) is 1.60. The molecule has 0 bridgehead atoms. The number of benzene rings is 2. The van der Waals surface area contributed by atoms with E-state index in [2.05, 4.69) is 15.5 Å². The van der Waals surface area contributed by atoms with Crippen LogP contribution in [0.1, 0.15) is 18.4 Å². The summed E-state index contributed by atoms with van der Waals surface area (Å²) in [5.74, 6) is 2.13. The fourth-order valence-corrected chi connectivity index (χ4v) is 4.20. The van der Waals surface area contributed by atoms with Gasteiger partial charge in [-0.05, 0) is 24.1 Å². The lowest BCUT2D eigenvalue weighted by molar-refractivity contribution is 0.0480. The van der Waals surface area contributed by atoms with Gasteiger partial charge in [-0.15, -0.1) is 10.2 Å². The van der Waals surface area contributed by atoms with Gasteiger partial charge >= 0.3 is 0 Å². The highest BCUT2D eigenvalue weighted by atomic mass is 35.5. The van der Waals surface area contributed by atoms with Crippen molar-refractivity contribution in [1.29, 1.82) is 0 Å². The van der Waals surface area contributed by atoms with Crippen molar-refractivity contribution in [2.24, 2.45) is 0 Å². The fraction of sp³-hybridized carbons (Fsp3) is 0.391. The van der Waals surface area contributed by atoms with Crippen molar-refractivity contribution in [1.82, 2.24) is 10.2 Å². The van der Waals surface area contributed by atoms with E-state index in [-0.39, 0.29) is 12.8 Å². The van der Waals surface area contributed by atoms with Gasteiger partial charge in [0.1, 0.15) is 11.4 Å². The SMILES string of the molecule is COc1ccc(CCNc2nnc(N3CCC(F)(CO)CC3)c3ccccc23)cc1Cl. The highest BCUT2D eigenvalue weighted by molar-refractivity contribution is 6.32. The van der Waals surface area contributed by atoms with Gasteiger partial charge in [-0.3, -0.25) is 0 Å². The van der Waals surface area contributed by atoms with Crippen LogP contribution in [0.5, 0.6) is 5.75 Å². The van der Waals surface area contributed by atoms with Crippen molar-refractivity contribution >= 4 is 34.0 Å². The van der Waals surface area contributed by atoms with E-state index in [1.54, 1.807) is 7.11 Å². The zero-order valence-electron chi connectivity index (χ0n) is 17.4. The predicted octanol–water partition coefficient (Wildman–Crippen LogP) is 4.25. The van der Waals surface area contributed by atoms with Crippen LogP contribution in [0, 0.1) is 0 Å². The average Bonchev–Trinajstić information content (AvgIpc) is 2.80. The Morgan fingerprint density at radius 1 is 1.16 bits per heavy atom. The third-order valence-electron chi connectivity index (χ3n) is 5.83. The standard InChI is InChI=1S/C23H26ClFN4O2/c1-31-20-7-6-16(14-19(20)24)8-11-26-21-17-4-2-3-5-18(17)22(28-27-21)29-12-9-23(25,15-30)10-13-29/h2-7,14,30H,8-13,15H2,1H3,(H,26,27). The molecule has 1 aliphatic heterocycles. The van der Waals surface area contributed by atoms with Gasteiger partial charge in [-0.1, -0.05) is 41.9 Å². The van der Waals surface area contributed by atoms with Gasteiger partial charge in [0.15, 0.2) is 11.6 Å². The Bertz CT molecular complexity index is 1060. The smallest absolute Gasteiger partial charge is 0.159 e. The third-order valence-corrected chi connectivity index (χ3v) is 6.13. The quantitative estimate of drug-likeness (QED) is 0.567. The van der Waals surface area contributed by atoms with Crippen molar-refractivity contribution < 1.29 is 14.2 Å². The second-order valence-electron chi connectivity index (χ2n) is 7.86. The van der Waals surface area contributed by atoms with Crippen LogP contribution in [-0.2, 0) is 6.42 Å². The van der Waals surface area contributed by atoms with E-state index in [0.29, 0.717) is 36.2 Å². The molecule has 6 nitrogen and oxygen atoms in total. The Kier molecular flexibility index (Phi) is 6.43. The molecule has 0 unspecified atom stereocenters. The van der Waals surface area contributed by atoms with E-state index in [4.69, 9.17) is 16.3 Å². The molecule has 31 heavy (non-hydrogen) atoms. The first-order valence-electron chi connectivity index (χ1n) is 10.4. The number of nitrogens with one attached hydrogen (secondary N) is 1. The van der Waals surface area contributed by atoms with Crippen LogP contribution in [-0.4, -0.2) is 54.3 Å². The first kappa shape index (κ1) is 21.6. The molecule has 1 fully saturated rings. The van der Waals surface area contributed by atoms with E-state index in [9.17, 15) is 9.50 Å². The van der Waals surface area contributed by atoms with Crippen LogP contribution in [0.3, 0.4) is 0 Å². The van der Waals surface area contributed by atoms with E-state index in [0.717, 1.165) is 28.6 Å². The number of aromatic nitrogens is 2. The molecule has 4 rings (SSSR count). The first-order chi connectivity index (χ1) is 15.0. The van der Waals surface area contributed by atoms with Crippen LogP contribution < -0.4 is 15.0 Å². The number of hydrogen-bond acceptors (Lipinski definition) is 6. The number of aliphatic hydroxyl groups excluding tert-OH is 1.